The SMILES string of the molecule is CCCCCC1CC(C)(C(C)C)CCC1COC(=O)C1CCCCC1C(=O)O. The summed E-state index contributed by atoms with van der Waals surface area (Å²) in [5.74, 6) is -0.405. The molecule has 0 aromatic carbocycles. The van der Waals surface area contributed by atoms with Crippen LogP contribution in [0.15, 0.2) is 0 Å². The topological polar surface area (TPSA) is 63.6 Å². The van der Waals surface area contributed by atoms with E-state index in [1.807, 2.05) is 0 Å². The van der Waals surface area contributed by atoms with Crippen molar-refractivity contribution in [1.82, 2.24) is 0 Å². The van der Waals surface area contributed by atoms with Crippen LogP contribution in [0.4, 0.5) is 0 Å². The molecule has 0 aromatic rings. The molecule has 0 aromatic heterocycles. The van der Waals surface area contributed by atoms with Gasteiger partial charge in [-0.25, -0.2) is 0 Å². The third kappa shape index (κ3) is 5.97. The van der Waals surface area contributed by atoms with E-state index in [2.05, 4.69) is 27.7 Å². The first-order valence-corrected chi connectivity index (χ1v) is 11.7. The highest BCUT2D eigenvalue weighted by molar-refractivity contribution is 5.81. The summed E-state index contributed by atoms with van der Waals surface area (Å²) in [5, 5.41) is 9.44. The molecule has 0 heterocycles. The van der Waals surface area contributed by atoms with Gasteiger partial charge in [0.05, 0.1) is 18.4 Å². The van der Waals surface area contributed by atoms with E-state index in [0.29, 0.717) is 42.6 Å². The van der Waals surface area contributed by atoms with Gasteiger partial charge in [0.15, 0.2) is 0 Å². The molecular weight excluding hydrogens is 352 g/mol. The van der Waals surface area contributed by atoms with Gasteiger partial charge in [-0.2, -0.15) is 0 Å². The molecule has 1 N–H and O–H groups in total. The minimum atomic E-state index is -0.843. The van der Waals surface area contributed by atoms with Crippen LogP contribution in [-0.4, -0.2) is 23.7 Å². The number of esters is 1. The van der Waals surface area contributed by atoms with Gasteiger partial charge >= 0.3 is 11.9 Å². The number of hydrogen-bond acceptors (Lipinski definition) is 3. The molecule has 0 bridgehead atoms. The fraction of sp³-hybridized carbons (Fsp3) is 0.917. The second-order valence-corrected chi connectivity index (χ2v) is 10.0. The average Bonchev–Trinajstić information content (AvgIpc) is 2.67. The van der Waals surface area contributed by atoms with Crippen LogP contribution in [-0.2, 0) is 14.3 Å². The maximum atomic E-state index is 12.7. The fourth-order valence-electron chi connectivity index (χ4n) is 5.36. The molecular formula is C24H42O4. The van der Waals surface area contributed by atoms with Gasteiger partial charge in [-0.05, 0) is 55.3 Å². The number of carbonyl (C=O) groups excluding carboxylic acids is 1. The summed E-state index contributed by atoms with van der Waals surface area (Å²) in [4.78, 5) is 24.2. The Morgan fingerprint density at radius 2 is 1.75 bits per heavy atom. The zero-order valence-electron chi connectivity index (χ0n) is 18.5. The molecule has 28 heavy (non-hydrogen) atoms. The van der Waals surface area contributed by atoms with E-state index in [4.69, 9.17) is 4.74 Å². The lowest BCUT2D eigenvalue weighted by molar-refractivity contribution is -0.161. The van der Waals surface area contributed by atoms with Crippen LogP contribution in [0.1, 0.15) is 98.3 Å². The Hall–Kier alpha value is -1.06. The highest BCUT2D eigenvalue weighted by atomic mass is 16.5. The van der Waals surface area contributed by atoms with E-state index in [-0.39, 0.29) is 5.97 Å². The molecule has 5 atom stereocenters. The lowest BCUT2D eigenvalue weighted by atomic mass is 9.61. The van der Waals surface area contributed by atoms with E-state index in [0.717, 1.165) is 19.3 Å². The summed E-state index contributed by atoms with van der Waals surface area (Å²) in [6.07, 6.45) is 11.6. The molecule has 0 saturated heterocycles. The number of aliphatic carboxylic acids is 1. The molecule has 0 amide bonds. The molecule has 2 aliphatic carbocycles. The summed E-state index contributed by atoms with van der Waals surface area (Å²) in [6, 6.07) is 0. The first-order chi connectivity index (χ1) is 13.3. The van der Waals surface area contributed by atoms with E-state index >= 15 is 0 Å². The number of carbonyl (C=O) groups is 2. The van der Waals surface area contributed by atoms with E-state index < -0.39 is 17.8 Å². The van der Waals surface area contributed by atoms with Gasteiger partial charge < -0.3 is 9.84 Å². The van der Waals surface area contributed by atoms with Gasteiger partial charge in [0, 0.05) is 0 Å². The largest absolute Gasteiger partial charge is 0.481 e. The zero-order chi connectivity index (χ0) is 20.7. The number of carboxylic acids is 1. The first kappa shape index (κ1) is 23.2. The van der Waals surface area contributed by atoms with Crippen molar-refractivity contribution in [3.63, 3.8) is 0 Å². The van der Waals surface area contributed by atoms with Gasteiger partial charge in [-0.15, -0.1) is 0 Å². The van der Waals surface area contributed by atoms with Crippen LogP contribution in [0, 0.1) is 35.0 Å². The van der Waals surface area contributed by atoms with Crippen molar-refractivity contribution in [2.45, 2.75) is 98.3 Å². The number of carboxylic acid groups (broad SMARTS) is 1. The van der Waals surface area contributed by atoms with Crippen LogP contribution >= 0.6 is 0 Å². The van der Waals surface area contributed by atoms with Crippen LogP contribution in [0.5, 0.6) is 0 Å². The number of rotatable bonds is 9. The Labute approximate surface area is 171 Å². The van der Waals surface area contributed by atoms with Crippen molar-refractivity contribution in [3.8, 4) is 0 Å². The maximum Gasteiger partial charge on any atom is 0.309 e. The Kier molecular flexibility index (Phi) is 8.82. The fourth-order valence-corrected chi connectivity index (χ4v) is 5.36. The molecule has 4 nitrogen and oxygen atoms in total. The zero-order valence-corrected chi connectivity index (χ0v) is 18.5. The summed E-state index contributed by atoms with van der Waals surface area (Å²) in [5.41, 5.74) is 0.384. The van der Waals surface area contributed by atoms with Gasteiger partial charge in [0.25, 0.3) is 0 Å². The molecule has 2 rings (SSSR count). The van der Waals surface area contributed by atoms with E-state index in [1.54, 1.807) is 0 Å². The highest BCUT2D eigenvalue weighted by Gasteiger charge is 2.41. The van der Waals surface area contributed by atoms with Gasteiger partial charge in [-0.3, -0.25) is 9.59 Å². The second-order valence-electron chi connectivity index (χ2n) is 10.0. The predicted octanol–water partition coefficient (Wildman–Crippen LogP) is 6.08. The van der Waals surface area contributed by atoms with Crippen molar-refractivity contribution in [2.75, 3.05) is 6.61 Å². The second kappa shape index (κ2) is 10.6. The quantitative estimate of drug-likeness (QED) is 0.380. The number of hydrogen-bond donors (Lipinski definition) is 1. The summed E-state index contributed by atoms with van der Waals surface area (Å²) in [7, 11) is 0. The van der Waals surface area contributed by atoms with Crippen molar-refractivity contribution >= 4 is 11.9 Å². The molecule has 2 saturated carbocycles. The monoisotopic (exact) mass is 394 g/mol. The third-order valence-electron chi connectivity index (χ3n) is 7.88. The van der Waals surface area contributed by atoms with Crippen molar-refractivity contribution in [1.29, 1.82) is 0 Å². The number of ether oxygens (including phenoxy) is 1. The smallest absolute Gasteiger partial charge is 0.309 e. The van der Waals surface area contributed by atoms with Crippen LogP contribution in [0.3, 0.4) is 0 Å². The summed E-state index contributed by atoms with van der Waals surface area (Å²) in [6.45, 7) is 9.80. The van der Waals surface area contributed by atoms with E-state index in [9.17, 15) is 14.7 Å². The van der Waals surface area contributed by atoms with Crippen molar-refractivity contribution in [3.05, 3.63) is 0 Å². The molecule has 5 unspecified atom stereocenters. The molecule has 162 valence electrons. The Morgan fingerprint density at radius 1 is 1.07 bits per heavy atom. The standard InChI is InChI=1S/C24H42O4/c1-5-6-7-10-18-15-24(4,17(2)3)14-13-19(18)16-28-23(27)21-12-9-8-11-20(21)22(25)26/h17-21H,5-16H2,1-4H3,(H,25,26). The summed E-state index contributed by atoms with van der Waals surface area (Å²) >= 11 is 0. The maximum absolute atomic E-state index is 12.7. The highest BCUT2D eigenvalue weighted by Crippen LogP contribution is 2.48. The number of unbranched alkanes of at least 4 members (excludes halogenated alkanes) is 2. The van der Waals surface area contributed by atoms with Crippen molar-refractivity contribution < 1.29 is 19.4 Å². The minimum absolute atomic E-state index is 0.267. The molecule has 0 radical (unpaired) electrons. The first-order valence-electron chi connectivity index (χ1n) is 11.7. The molecule has 0 aliphatic heterocycles. The Bertz CT molecular complexity index is 515. The third-order valence-corrected chi connectivity index (χ3v) is 7.88. The average molecular weight is 395 g/mol. The lowest BCUT2D eigenvalue weighted by Gasteiger charge is -2.45. The van der Waals surface area contributed by atoms with Gasteiger partial charge in [0.2, 0.25) is 0 Å². The molecule has 4 heteroatoms. The molecule has 2 aliphatic rings. The summed E-state index contributed by atoms with van der Waals surface area (Å²) < 4.78 is 5.76. The lowest BCUT2D eigenvalue weighted by Crippen LogP contribution is -2.39. The van der Waals surface area contributed by atoms with E-state index in [1.165, 1.54) is 38.5 Å². The van der Waals surface area contributed by atoms with Crippen LogP contribution in [0.2, 0.25) is 0 Å². The normalized spacial score (nSPS) is 33.6. The van der Waals surface area contributed by atoms with Crippen molar-refractivity contribution in [2.24, 2.45) is 35.0 Å². The van der Waals surface area contributed by atoms with Crippen LogP contribution < -0.4 is 0 Å². The Morgan fingerprint density at radius 3 is 2.36 bits per heavy atom. The van der Waals surface area contributed by atoms with Gasteiger partial charge in [-0.1, -0.05) is 66.2 Å². The van der Waals surface area contributed by atoms with Crippen LogP contribution in [0.25, 0.3) is 0 Å². The Balaban J connectivity index is 1.95. The molecule has 0 spiro atoms. The predicted molar refractivity (Wildman–Crippen MR) is 112 cm³/mol. The minimum Gasteiger partial charge on any atom is -0.481 e. The molecule has 2 fully saturated rings. The van der Waals surface area contributed by atoms with Gasteiger partial charge in [0.1, 0.15) is 0 Å².